The minimum absolute atomic E-state index is 0.0324. The molecule has 0 unspecified atom stereocenters. The number of pyridine rings is 1. The number of halogens is 1. The van der Waals surface area contributed by atoms with Gasteiger partial charge in [0, 0.05) is 6.20 Å². The lowest BCUT2D eigenvalue weighted by Crippen LogP contribution is -2.15. The molecular weight excluding hydrogens is 316 g/mol. The SMILES string of the molecule is Cc1ccccc1-n1nnc(C(=O)Nc2ccc(Cl)cn2)c1N. The van der Waals surface area contributed by atoms with Crippen LogP contribution in [-0.2, 0) is 0 Å². The summed E-state index contributed by atoms with van der Waals surface area (Å²) < 4.78 is 1.43. The number of nitrogens with two attached hydrogens (primary N) is 1. The Hall–Kier alpha value is -2.93. The van der Waals surface area contributed by atoms with Gasteiger partial charge in [-0.3, -0.25) is 4.79 Å². The summed E-state index contributed by atoms with van der Waals surface area (Å²) in [7, 11) is 0. The van der Waals surface area contributed by atoms with Crippen LogP contribution in [0.3, 0.4) is 0 Å². The maximum Gasteiger partial charge on any atom is 0.281 e. The summed E-state index contributed by atoms with van der Waals surface area (Å²) in [5.74, 6) is 0.0205. The first kappa shape index (κ1) is 15.0. The number of nitrogens with one attached hydrogen (secondary N) is 1. The van der Waals surface area contributed by atoms with E-state index >= 15 is 0 Å². The number of carbonyl (C=O) groups is 1. The molecule has 3 aromatic rings. The summed E-state index contributed by atoms with van der Waals surface area (Å²) in [4.78, 5) is 16.3. The van der Waals surface area contributed by atoms with Gasteiger partial charge in [0.15, 0.2) is 11.5 Å². The minimum atomic E-state index is -0.489. The number of benzene rings is 1. The molecule has 3 rings (SSSR count). The second kappa shape index (κ2) is 6.05. The van der Waals surface area contributed by atoms with Crippen LogP contribution in [0, 0.1) is 6.92 Å². The molecule has 23 heavy (non-hydrogen) atoms. The van der Waals surface area contributed by atoms with Crippen molar-refractivity contribution in [3.63, 3.8) is 0 Å². The molecule has 7 nitrogen and oxygen atoms in total. The van der Waals surface area contributed by atoms with Crippen LogP contribution in [0.5, 0.6) is 0 Å². The number of hydrogen-bond donors (Lipinski definition) is 2. The first-order valence-electron chi connectivity index (χ1n) is 6.76. The Labute approximate surface area is 137 Å². The average molecular weight is 329 g/mol. The summed E-state index contributed by atoms with van der Waals surface area (Å²) in [5, 5.41) is 10.9. The third-order valence-electron chi connectivity index (χ3n) is 3.23. The van der Waals surface area contributed by atoms with Crippen molar-refractivity contribution < 1.29 is 4.79 Å². The number of para-hydroxylation sites is 1. The quantitative estimate of drug-likeness (QED) is 0.769. The summed E-state index contributed by atoms with van der Waals surface area (Å²) in [5.41, 5.74) is 7.78. The number of aromatic nitrogens is 4. The number of nitrogens with zero attached hydrogens (tertiary/aromatic N) is 4. The van der Waals surface area contributed by atoms with Gasteiger partial charge in [-0.15, -0.1) is 5.10 Å². The van der Waals surface area contributed by atoms with Gasteiger partial charge >= 0.3 is 0 Å². The maximum absolute atomic E-state index is 12.3. The highest BCUT2D eigenvalue weighted by atomic mass is 35.5. The van der Waals surface area contributed by atoms with E-state index in [4.69, 9.17) is 17.3 Å². The monoisotopic (exact) mass is 328 g/mol. The van der Waals surface area contributed by atoms with E-state index in [1.54, 1.807) is 12.1 Å². The largest absolute Gasteiger partial charge is 0.382 e. The topological polar surface area (TPSA) is 98.7 Å². The predicted molar refractivity (Wildman–Crippen MR) is 87.7 cm³/mol. The summed E-state index contributed by atoms with van der Waals surface area (Å²) in [6, 6.07) is 10.8. The zero-order chi connectivity index (χ0) is 16.4. The van der Waals surface area contributed by atoms with Crippen LogP contribution in [0.25, 0.3) is 5.69 Å². The van der Waals surface area contributed by atoms with Gasteiger partial charge in [0.2, 0.25) is 0 Å². The fraction of sp³-hybridized carbons (Fsp3) is 0.0667. The normalized spacial score (nSPS) is 10.5. The van der Waals surface area contributed by atoms with Crippen molar-refractivity contribution in [2.45, 2.75) is 6.92 Å². The molecule has 116 valence electrons. The van der Waals surface area contributed by atoms with Crippen molar-refractivity contribution in [2.75, 3.05) is 11.1 Å². The van der Waals surface area contributed by atoms with E-state index in [-0.39, 0.29) is 11.5 Å². The number of rotatable bonds is 3. The third-order valence-corrected chi connectivity index (χ3v) is 3.46. The summed E-state index contributed by atoms with van der Waals surface area (Å²) in [6.07, 6.45) is 1.44. The van der Waals surface area contributed by atoms with Crippen LogP contribution >= 0.6 is 11.6 Å². The molecule has 0 aliphatic rings. The van der Waals surface area contributed by atoms with Crippen molar-refractivity contribution in [3.05, 3.63) is 58.9 Å². The van der Waals surface area contributed by atoms with E-state index in [1.165, 1.54) is 10.9 Å². The molecule has 3 N–H and O–H groups in total. The van der Waals surface area contributed by atoms with E-state index in [0.717, 1.165) is 11.3 Å². The molecule has 0 spiro atoms. The van der Waals surface area contributed by atoms with Crippen LogP contribution in [0.1, 0.15) is 16.1 Å². The van der Waals surface area contributed by atoms with Crippen LogP contribution in [0.2, 0.25) is 5.02 Å². The van der Waals surface area contributed by atoms with E-state index in [1.807, 2.05) is 31.2 Å². The van der Waals surface area contributed by atoms with E-state index < -0.39 is 5.91 Å². The van der Waals surface area contributed by atoms with E-state index in [2.05, 4.69) is 20.6 Å². The van der Waals surface area contributed by atoms with Crippen LogP contribution in [0.4, 0.5) is 11.6 Å². The molecule has 0 saturated heterocycles. The van der Waals surface area contributed by atoms with Gasteiger partial charge in [0.05, 0.1) is 10.7 Å². The number of anilines is 2. The van der Waals surface area contributed by atoms with Gasteiger partial charge < -0.3 is 11.1 Å². The maximum atomic E-state index is 12.3. The predicted octanol–water partition coefficient (Wildman–Crippen LogP) is 2.46. The lowest BCUT2D eigenvalue weighted by Gasteiger charge is -2.06. The van der Waals surface area contributed by atoms with Crippen molar-refractivity contribution in [1.29, 1.82) is 0 Å². The molecule has 2 heterocycles. The molecule has 0 aliphatic carbocycles. The Bertz CT molecular complexity index is 859. The average Bonchev–Trinajstić information content (AvgIpc) is 2.92. The number of aryl methyl sites for hydroxylation is 1. The highest BCUT2D eigenvalue weighted by Gasteiger charge is 2.19. The second-order valence-electron chi connectivity index (χ2n) is 4.84. The molecule has 1 amide bonds. The molecular formula is C15H13ClN6O. The van der Waals surface area contributed by atoms with Gasteiger partial charge in [-0.1, -0.05) is 35.0 Å². The number of nitrogen functional groups attached to an aromatic ring is 1. The Balaban J connectivity index is 1.88. The fourth-order valence-electron chi connectivity index (χ4n) is 2.06. The number of carbonyl (C=O) groups excluding carboxylic acids is 1. The van der Waals surface area contributed by atoms with Gasteiger partial charge in [0.1, 0.15) is 5.82 Å². The van der Waals surface area contributed by atoms with Crippen molar-refractivity contribution in [2.24, 2.45) is 0 Å². The molecule has 2 aromatic heterocycles. The summed E-state index contributed by atoms with van der Waals surface area (Å²) >= 11 is 5.76. The molecule has 1 aromatic carbocycles. The van der Waals surface area contributed by atoms with Crippen LogP contribution in [0.15, 0.2) is 42.6 Å². The molecule has 0 aliphatic heterocycles. The highest BCUT2D eigenvalue weighted by Crippen LogP contribution is 2.19. The first-order chi connectivity index (χ1) is 11.1. The Morgan fingerprint density at radius 3 is 2.74 bits per heavy atom. The highest BCUT2D eigenvalue weighted by molar-refractivity contribution is 6.30. The number of amides is 1. The van der Waals surface area contributed by atoms with Gasteiger partial charge in [-0.2, -0.15) is 4.68 Å². The first-order valence-corrected chi connectivity index (χ1v) is 7.14. The second-order valence-corrected chi connectivity index (χ2v) is 5.27. The van der Waals surface area contributed by atoms with Gasteiger partial charge in [-0.25, -0.2) is 4.98 Å². The molecule has 0 fully saturated rings. The third kappa shape index (κ3) is 3.00. The number of hydrogen-bond acceptors (Lipinski definition) is 5. The summed E-state index contributed by atoms with van der Waals surface area (Å²) in [6.45, 7) is 1.92. The molecule has 8 heteroatoms. The minimum Gasteiger partial charge on any atom is -0.382 e. The Morgan fingerprint density at radius 1 is 1.26 bits per heavy atom. The van der Waals surface area contributed by atoms with Gasteiger partial charge in [0.25, 0.3) is 5.91 Å². The molecule has 0 atom stereocenters. The van der Waals surface area contributed by atoms with Crippen LogP contribution in [-0.4, -0.2) is 25.9 Å². The van der Waals surface area contributed by atoms with Crippen molar-refractivity contribution in [1.82, 2.24) is 20.0 Å². The lowest BCUT2D eigenvalue weighted by atomic mass is 10.2. The Morgan fingerprint density at radius 2 is 2.04 bits per heavy atom. The van der Waals surface area contributed by atoms with Crippen LogP contribution < -0.4 is 11.1 Å². The fourth-order valence-corrected chi connectivity index (χ4v) is 2.17. The zero-order valence-electron chi connectivity index (χ0n) is 12.2. The smallest absolute Gasteiger partial charge is 0.281 e. The zero-order valence-corrected chi connectivity index (χ0v) is 12.9. The van der Waals surface area contributed by atoms with Crippen molar-refractivity contribution >= 4 is 29.1 Å². The molecule has 0 bridgehead atoms. The van der Waals surface area contributed by atoms with Crippen molar-refractivity contribution in [3.8, 4) is 5.69 Å². The Kier molecular flexibility index (Phi) is 3.94. The van der Waals surface area contributed by atoms with E-state index in [0.29, 0.717) is 10.8 Å². The van der Waals surface area contributed by atoms with E-state index in [9.17, 15) is 4.79 Å². The standard InChI is InChI=1S/C15H13ClN6O/c1-9-4-2-3-5-11(9)22-14(17)13(20-21-22)15(23)19-12-7-6-10(16)8-18-12/h2-8H,17H2,1H3,(H,18,19,23). The molecule has 0 radical (unpaired) electrons. The molecule has 0 saturated carbocycles. The van der Waals surface area contributed by atoms with Gasteiger partial charge in [-0.05, 0) is 30.7 Å². The lowest BCUT2D eigenvalue weighted by molar-refractivity contribution is 0.102.